The van der Waals surface area contributed by atoms with E-state index in [0.717, 1.165) is 27.0 Å². The molecule has 196 valence electrons. The van der Waals surface area contributed by atoms with Crippen LogP contribution in [0.15, 0.2) is 69.5 Å². The van der Waals surface area contributed by atoms with E-state index in [4.69, 9.17) is 18.9 Å². The van der Waals surface area contributed by atoms with Crippen molar-refractivity contribution in [3.63, 3.8) is 0 Å². The van der Waals surface area contributed by atoms with Gasteiger partial charge in [-0.3, -0.25) is 4.79 Å². The van der Waals surface area contributed by atoms with Crippen LogP contribution >= 0.6 is 15.9 Å². The van der Waals surface area contributed by atoms with E-state index in [9.17, 15) is 9.59 Å². The van der Waals surface area contributed by atoms with Crippen LogP contribution in [-0.4, -0.2) is 45.8 Å². The minimum absolute atomic E-state index is 0.0126. The molecule has 4 rings (SSSR count). The van der Waals surface area contributed by atoms with E-state index >= 15 is 0 Å². The molecular weight excluding hydrogens is 538 g/mol. The zero-order valence-electron chi connectivity index (χ0n) is 21.6. The van der Waals surface area contributed by atoms with Gasteiger partial charge in [0.2, 0.25) is 0 Å². The number of carbonyl (C=O) groups is 2. The lowest BCUT2D eigenvalue weighted by molar-refractivity contribution is -0.140. The second-order valence-corrected chi connectivity index (χ2v) is 9.87. The highest BCUT2D eigenvalue weighted by Crippen LogP contribution is 2.46. The molecule has 0 fully saturated rings. The molecule has 0 aromatic heterocycles. The summed E-state index contributed by atoms with van der Waals surface area (Å²) in [5.41, 5.74) is 4.47. The Hall–Kier alpha value is -3.10. The first-order valence-corrected chi connectivity index (χ1v) is 13.1. The van der Waals surface area contributed by atoms with E-state index in [1.807, 2.05) is 56.3 Å². The number of Topliss-reactive ketones (excluding diaryl/α,β-unsaturated/α-hetero) is 1. The highest BCUT2D eigenvalue weighted by Gasteiger charge is 2.41. The Bertz CT molecular complexity index is 1230. The largest absolute Gasteiger partial charge is 0.497 e. The standard InChI is InChI=1S/C29H32BrNO6/c1-5-36-12-13-37-29(33)26-17(2)31-23-15-20(18-6-9-21(34-3)10-7-18)16-24(32)28(23)27(26)19-8-11-25(35-4)22(30)14-19/h6-11,14,20,27,31H,5,12-13,15-16H2,1-4H3/t20-,27-/m1/s1. The molecule has 0 unspecified atom stereocenters. The number of nitrogens with one attached hydrogen (secondary N) is 1. The Kier molecular flexibility index (Phi) is 8.71. The van der Waals surface area contributed by atoms with Gasteiger partial charge in [-0.2, -0.15) is 0 Å². The highest BCUT2D eigenvalue weighted by molar-refractivity contribution is 9.10. The molecule has 37 heavy (non-hydrogen) atoms. The molecule has 0 amide bonds. The molecule has 0 spiro atoms. The van der Waals surface area contributed by atoms with Gasteiger partial charge in [-0.25, -0.2) is 4.79 Å². The minimum atomic E-state index is -0.553. The number of ketones is 1. The monoisotopic (exact) mass is 569 g/mol. The Morgan fingerprint density at radius 2 is 1.76 bits per heavy atom. The summed E-state index contributed by atoms with van der Waals surface area (Å²) in [5, 5.41) is 3.39. The SMILES string of the molecule is CCOCCOC(=O)C1=C(C)NC2=C(C(=O)C[C@H](c3ccc(OC)cc3)C2)[C@@H]1c1ccc(OC)c(Br)c1. The van der Waals surface area contributed by atoms with Crippen molar-refractivity contribution in [3.05, 3.63) is 80.6 Å². The number of ether oxygens (including phenoxy) is 4. The van der Waals surface area contributed by atoms with Gasteiger partial charge in [0.15, 0.2) is 5.78 Å². The van der Waals surface area contributed by atoms with Crippen molar-refractivity contribution < 1.29 is 28.5 Å². The van der Waals surface area contributed by atoms with E-state index in [1.54, 1.807) is 14.2 Å². The van der Waals surface area contributed by atoms with Gasteiger partial charge in [0, 0.05) is 35.9 Å². The maximum atomic E-state index is 13.7. The van der Waals surface area contributed by atoms with Crippen LogP contribution < -0.4 is 14.8 Å². The molecule has 1 aliphatic carbocycles. The second-order valence-electron chi connectivity index (χ2n) is 9.02. The molecule has 7 nitrogen and oxygen atoms in total. The number of methoxy groups -OCH3 is 2. The summed E-state index contributed by atoms with van der Waals surface area (Å²) in [6.45, 7) is 4.75. The number of allylic oxidation sites excluding steroid dienone is 3. The number of carbonyl (C=O) groups excluding carboxylic acids is 2. The van der Waals surface area contributed by atoms with Gasteiger partial charge < -0.3 is 24.3 Å². The van der Waals surface area contributed by atoms with E-state index < -0.39 is 11.9 Å². The third-order valence-corrected chi connectivity index (χ3v) is 7.43. The smallest absolute Gasteiger partial charge is 0.336 e. The number of hydrogen-bond donors (Lipinski definition) is 1. The van der Waals surface area contributed by atoms with E-state index in [1.165, 1.54) is 0 Å². The Morgan fingerprint density at radius 3 is 2.41 bits per heavy atom. The maximum Gasteiger partial charge on any atom is 0.336 e. The molecular formula is C29H32BrNO6. The zero-order valence-corrected chi connectivity index (χ0v) is 23.1. The maximum absolute atomic E-state index is 13.7. The normalized spacial score (nSPS) is 19.3. The first kappa shape index (κ1) is 26.9. The van der Waals surface area contributed by atoms with Gasteiger partial charge in [0.25, 0.3) is 0 Å². The number of dihydropyridines is 1. The van der Waals surface area contributed by atoms with Crippen molar-refractivity contribution in [1.82, 2.24) is 5.32 Å². The fraction of sp³-hybridized carbons (Fsp3) is 0.379. The predicted octanol–water partition coefficient (Wildman–Crippen LogP) is 5.41. The first-order valence-electron chi connectivity index (χ1n) is 12.3. The number of rotatable bonds is 9. The quantitative estimate of drug-likeness (QED) is 0.319. The Balaban J connectivity index is 1.72. The number of halogens is 1. The van der Waals surface area contributed by atoms with Crippen LogP contribution in [0.4, 0.5) is 0 Å². The summed E-state index contributed by atoms with van der Waals surface area (Å²) in [7, 11) is 3.23. The lowest BCUT2D eigenvalue weighted by Gasteiger charge is -2.36. The van der Waals surface area contributed by atoms with Crippen LogP contribution in [0.1, 0.15) is 49.7 Å². The van der Waals surface area contributed by atoms with E-state index in [2.05, 4.69) is 21.2 Å². The van der Waals surface area contributed by atoms with Crippen molar-refractivity contribution in [3.8, 4) is 11.5 Å². The molecule has 0 bridgehead atoms. The summed E-state index contributed by atoms with van der Waals surface area (Å²) < 4.78 is 22.3. The van der Waals surface area contributed by atoms with Crippen molar-refractivity contribution in [2.24, 2.45) is 0 Å². The number of esters is 1. The predicted molar refractivity (Wildman–Crippen MR) is 144 cm³/mol. The van der Waals surface area contributed by atoms with Crippen molar-refractivity contribution in [2.45, 2.75) is 38.5 Å². The Morgan fingerprint density at radius 1 is 1.03 bits per heavy atom. The van der Waals surface area contributed by atoms with Crippen LogP contribution in [0.3, 0.4) is 0 Å². The molecule has 0 saturated carbocycles. The fourth-order valence-corrected chi connectivity index (χ4v) is 5.59. The van der Waals surface area contributed by atoms with Gasteiger partial charge in [0.1, 0.15) is 18.1 Å². The lowest BCUT2D eigenvalue weighted by Crippen LogP contribution is -2.36. The molecule has 2 aromatic rings. The summed E-state index contributed by atoms with van der Waals surface area (Å²) in [6, 6.07) is 13.5. The van der Waals surface area contributed by atoms with Gasteiger partial charge in [0.05, 0.1) is 30.9 Å². The van der Waals surface area contributed by atoms with Crippen LogP contribution in [0, 0.1) is 0 Å². The molecule has 2 aromatic carbocycles. The minimum Gasteiger partial charge on any atom is -0.497 e. The third-order valence-electron chi connectivity index (χ3n) is 6.81. The van der Waals surface area contributed by atoms with Crippen LogP contribution in [-0.2, 0) is 19.1 Å². The second kappa shape index (κ2) is 12.0. The molecule has 2 aliphatic rings. The van der Waals surface area contributed by atoms with Crippen molar-refractivity contribution in [2.75, 3.05) is 34.0 Å². The van der Waals surface area contributed by atoms with Crippen LogP contribution in [0.25, 0.3) is 0 Å². The molecule has 1 heterocycles. The number of benzene rings is 2. The fourth-order valence-electron chi connectivity index (χ4n) is 5.03. The summed E-state index contributed by atoms with van der Waals surface area (Å²) in [6.07, 6.45) is 1.01. The molecule has 8 heteroatoms. The third kappa shape index (κ3) is 5.75. The zero-order chi connectivity index (χ0) is 26.5. The Labute approximate surface area is 225 Å². The van der Waals surface area contributed by atoms with E-state index in [0.29, 0.717) is 48.6 Å². The molecule has 2 atom stereocenters. The van der Waals surface area contributed by atoms with Gasteiger partial charge >= 0.3 is 5.97 Å². The summed E-state index contributed by atoms with van der Waals surface area (Å²) in [5.74, 6) is 0.473. The van der Waals surface area contributed by atoms with Crippen LogP contribution in [0.5, 0.6) is 11.5 Å². The van der Waals surface area contributed by atoms with Crippen molar-refractivity contribution in [1.29, 1.82) is 0 Å². The number of hydrogen-bond acceptors (Lipinski definition) is 7. The van der Waals surface area contributed by atoms with Crippen LogP contribution in [0.2, 0.25) is 0 Å². The van der Waals surface area contributed by atoms with E-state index in [-0.39, 0.29) is 18.3 Å². The topological polar surface area (TPSA) is 83.1 Å². The molecule has 1 aliphatic heterocycles. The van der Waals surface area contributed by atoms with Gasteiger partial charge in [-0.15, -0.1) is 0 Å². The summed E-state index contributed by atoms with van der Waals surface area (Å²) >= 11 is 3.56. The molecule has 0 radical (unpaired) electrons. The average Bonchev–Trinajstić information content (AvgIpc) is 2.90. The molecule has 0 saturated heterocycles. The summed E-state index contributed by atoms with van der Waals surface area (Å²) in [4.78, 5) is 27.1. The highest BCUT2D eigenvalue weighted by atomic mass is 79.9. The van der Waals surface area contributed by atoms with Gasteiger partial charge in [-0.05, 0) is 77.5 Å². The molecule has 1 N–H and O–H groups in total. The first-order chi connectivity index (χ1) is 17.9. The van der Waals surface area contributed by atoms with Crippen molar-refractivity contribution >= 4 is 27.7 Å². The lowest BCUT2D eigenvalue weighted by atomic mass is 9.71. The average molecular weight is 570 g/mol. The van der Waals surface area contributed by atoms with Gasteiger partial charge in [-0.1, -0.05) is 18.2 Å².